The summed E-state index contributed by atoms with van der Waals surface area (Å²) in [7, 11) is 1.30. The van der Waals surface area contributed by atoms with Crippen LogP contribution in [0, 0.1) is 6.92 Å². The summed E-state index contributed by atoms with van der Waals surface area (Å²) in [5, 5.41) is 7.80. The molecule has 0 saturated heterocycles. The molecule has 0 unspecified atom stereocenters. The summed E-state index contributed by atoms with van der Waals surface area (Å²) < 4.78 is 6.75. The minimum Gasteiger partial charge on any atom is -0.461 e. The van der Waals surface area contributed by atoms with Crippen molar-refractivity contribution in [3.05, 3.63) is 17.5 Å². The molecule has 0 aliphatic rings. The number of carbonyl (C=O) groups excluding carboxylic acids is 4. The number of halogens is 1. The number of ketones is 1. The van der Waals surface area contributed by atoms with Crippen molar-refractivity contribution in [1.29, 1.82) is 0 Å². The van der Waals surface area contributed by atoms with E-state index in [-0.39, 0.29) is 30.7 Å². The molecule has 12 heteroatoms. The Kier molecular flexibility index (Phi) is 24.0. The maximum absolute atomic E-state index is 11.1. The second-order valence-corrected chi connectivity index (χ2v) is 7.15. The van der Waals surface area contributed by atoms with Crippen LogP contribution < -0.4 is 10.4 Å². The average molecular weight is 492 g/mol. The van der Waals surface area contributed by atoms with Crippen molar-refractivity contribution in [2.45, 2.75) is 80.3 Å². The van der Waals surface area contributed by atoms with Crippen LogP contribution >= 0.6 is 11.8 Å². The van der Waals surface area contributed by atoms with Crippen molar-refractivity contribution in [2.75, 3.05) is 13.7 Å². The molecule has 0 fully saturated rings. The third-order valence-corrected chi connectivity index (χ3v) is 3.37. The molecule has 0 amide bonds. The number of esters is 1. The normalized spacial score (nSPS) is 10.0. The van der Waals surface area contributed by atoms with E-state index in [1.807, 2.05) is 20.8 Å². The second-order valence-electron chi connectivity index (χ2n) is 6.97. The standard InChI is InChI=1S/C9H16N2.C8H13NO4.C3H9ClN2.CO2/c1-5-9-6-8(4)10-11(9)7(2)3;1-4-13-8(11)7(9-12-3)5-6(2)10;1-3(2)5-6-4;2-1-3/h6-7H,5H2,1-4H3;4-5H2,1-3H3;3,5-6H,1-2H3;/b;9-7-;;. The number of Topliss-reactive ketones (excluding diaryl/α,β-unsaturated/α-hetero) is 1. The third kappa shape index (κ3) is 21.0. The SMILES string of the molecule is CC(C)NNCl.CCOC(=O)/C(CC(C)=O)=N\OC.CCc1cc(C)nn1C(C)C.O=C=O. The monoisotopic (exact) mass is 491 g/mol. The number of aryl methyl sites for hydroxylation is 2. The Morgan fingerprint density at radius 1 is 1.24 bits per heavy atom. The number of aromatic nitrogens is 2. The van der Waals surface area contributed by atoms with Crippen LogP contribution in [-0.4, -0.2) is 53.2 Å². The molecule has 0 atom stereocenters. The third-order valence-electron chi connectivity index (χ3n) is 3.26. The van der Waals surface area contributed by atoms with Gasteiger partial charge in [-0.1, -0.05) is 12.1 Å². The molecule has 1 aromatic rings. The largest absolute Gasteiger partial charge is 0.461 e. The van der Waals surface area contributed by atoms with Gasteiger partial charge in [0.15, 0.2) is 5.71 Å². The van der Waals surface area contributed by atoms with Crippen molar-refractivity contribution in [3.63, 3.8) is 0 Å². The summed E-state index contributed by atoms with van der Waals surface area (Å²) in [6, 6.07) is 3.04. The summed E-state index contributed by atoms with van der Waals surface area (Å²) in [5.41, 5.74) is 5.17. The van der Waals surface area contributed by atoms with Gasteiger partial charge in [-0.25, -0.2) is 10.2 Å². The van der Waals surface area contributed by atoms with Crippen molar-refractivity contribution in [2.24, 2.45) is 5.16 Å². The van der Waals surface area contributed by atoms with Gasteiger partial charge in [-0.3, -0.25) is 9.48 Å². The molecule has 0 radical (unpaired) electrons. The van der Waals surface area contributed by atoms with Gasteiger partial charge in [0.2, 0.25) is 0 Å². The smallest absolute Gasteiger partial charge is 0.373 e. The van der Waals surface area contributed by atoms with Gasteiger partial charge >= 0.3 is 12.1 Å². The highest BCUT2D eigenvalue weighted by Gasteiger charge is 2.15. The van der Waals surface area contributed by atoms with Gasteiger partial charge < -0.3 is 9.57 Å². The first-order valence-electron chi connectivity index (χ1n) is 10.4. The molecule has 0 spiro atoms. The van der Waals surface area contributed by atoms with Gasteiger partial charge in [0, 0.05) is 17.8 Å². The van der Waals surface area contributed by atoms with E-state index in [9.17, 15) is 9.59 Å². The highest BCUT2D eigenvalue weighted by Crippen LogP contribution is 2.10. The van der Waals surface area contributed by atoms with E-state index in [1.54, 1.807) is 6.92 Å². The number of oxime groups is 1. The molecular formula is C21H38ClN5O6. The molecule has 1 rings (SSSR count). The average Bonchev–Trinajstić information content (AvgIpc) is 3.10. The summed E-state index contributed by atoms with van der Waals surface area (Å²) in [6.45, 7) is 15.8. The van der Waals surface area contributed by atoms with E-state index in [0.29, 0.717) is 12.1 Å². The van der Waals surface area contributed by atoms with E-state index < -0.39 is 5.97 Å². The van der Waals surface area contributed by atoms with Crippen molar-refractivity contribution in [1.82, 2.24) is 20.2 Å². The van der Waals surface area contributed by atoms with Crippen LogP contribution in [-0.2, 0) is 35.2 Å². The molecule has 0 aromatic carbocycles. The van der Waals surface area contributed by atoms with Crippen LogP contribution in [0.3, 0.4) is 0 Å². The van der Waals surface area contributed by atoms with Gasteiger partial charge in [0.05, 0.1) is 18.7 Å². The Balaban J connectivity index is -0.000000406. The minimum atomic E-state index is -0.612. The van der Waals surface area contributed by atoms with Crippen LogP contribution in [0.2, 0.25) is 0 Å². The summed E-state index contributed by atoms with van der Waals surface area (Å²) in [4.78, 5) is 44.7. The molecule has 1 aromatic heterocycles. The van der Waals surface area contributed by atoms with Gasteiger partial charge in [-0.15, -0.1) is 0 Å². The molecule has 0 bridgehead atoms. The zero-order chi connectivity index (χ0) is 26.4. The Morgan fingerprint density at radius 2 is 1.79 bits per heavy atom. The Hall–Kier alpha value is -2.59. The van der Waals surface area contributed by atoms with E-state index in [1.165, 1.54) is 19.7 Å². The maximum Gasteiger partial charge on any atom is 0.373 e. The first-order valence-corrected chi connectivity index (χ1v) is 10.7. The first kappa shape index (κ1) is 35.0. The van der Waals surface area contributed by atoms with E-state index in [2.05, 4.69) is 61.7 Å². The highest BCUT2D eigenvalue weighted by atomic mass is 35.5. The second kappa shape index (κ2) is 22.6. The van der Waals surface area contributed by atoms with Gasteiger partial charge in [-0.2, -0.15) is 19.6 Å². The van der Waals surface area contributed by atoms with Gasteiger partial charge in [0.25, 0.3) is 0 Å². The lowest BCUT2D eigenvalue weighted by Gasteiger charge is -2.08. The number of ether oxygens (including phenoxy) is 1. The van der Waals surface area contributed by atoms with Crippen LogP contribution in [0.25, 0.3) is 0 Å². The molecule has 0 saturated carbocycles. The first-order chi connectivity index (χ1) is 15.4. The molecule has 1 heterocycles. The zero-order valence-corrected chi connectivity index (χ0v) is 21.8. The maximum atomic E-state index is 11.1. The van der Waals surface area contributed by atoms with Crippen LogP contribution in [0.15, 0.2) is 11.2 Å². The van der Waals surface area contributed by atoms with E-state index in [4.69, 9.17) is 21.4 Å². The molecular weight excluding hydrogens is 454 g/mol. The number of nitrogens with one attached hydrogen (secondary N) is 2. The lowest BCUT2D eigenvalue weighted by Crippen LogP contribution is -2.29. The Labute approximate surface area is 201 Å². The lowest BCUT2D eigenvalue weighted by atomic mass is 10.2. The van der Waals surface area contributed by atoms with Gasteiger partial charge in [-0.05, 0) is 72.7 Å². The number of hydrogen-bond donors (Lipinski definition) is 2. The van der Waals surface area contributed by atoms with Crippen LogP contribution in [0.4, 0.5) is 0 Å². The van der Waals surface area contributed by atoms with Crippen molar-refractivity contribution < 1.29 is 28.8 Å². The predicted molar refractivity (Wildman–Crippen MR) is 125 cm³/mol. The molecule has 33 heavy (non-hydrogen) atoms. The van der Waals surface area contributed by atoms with Gasteiger partial charge in [0.1, 0.15) is 12.9 Å². The van der Waals surface area contributed by atoms with Crippen LogP contribution in [0.5, 0.6) is 0 Å². The number of hydrogen-bond acceptors (Lipinski definition) is 10. The minimum absolute atomic E-state index is 0.00292. The fourth-order valence-corrected chi connectivity index (χ4v) is 2.31. The summed E-state index contributed by atoms with van der Waals surface area (Å²) in [5.74, 6) is -0.775. The number of hydrazine groups is 1. The zero-order valence-electron chi connectivity index (χ0n) is 21.0. The van der Waals surface area contributed by atoms with Crippen molar-refractivity contribution in [3.8, 4) is 0 Å². The fraction of sp³-hybridized carbons (Fsp3) is 0.667. The fourth-order valence-electron chi connectivity index (χ4n) is 2.09. The molecule has 0 aliphatic carbocycles. The van der Waals surface area contributed by atoms with E-state index >= 15 is 0 Å². The Bertz CT molecular complexity index is 729. The number of carbonyl (C=O) groups is 2. The topological polar surface area (TPSA) is 141 Å². The molecule has 190 valence electrons. The quantitative estimate of drug-likeness (QED) is 0.231. The molecule has 11 nitrogen and oxygen atoms in total. The lowest BCUT2D eigenvalue weighted by molar-refractivity contribution is -0.191. The summed E-state index contributed by atoms with van der Waals surface area (Å²) in [6.07, 6.45) is 1.26. The predicted octanol–water partition coefficient (Wildman–Crippen LogP) is 2.93. The number of nitrogens with zero attached hydrogens (tertiary/aromatic N) is 3. The van der Waals surface area contributed by atoms with Crippen molar-refractivity contribution >= 4 is 35.4 Å². The summed E-state index contributed by atoms with van der Waals surface area (Å²) >= 11 is 5.04. The number of rotatable bonds is 9. The highest BCUT2D eigenvalue weighted by molar-refractivity contribution is 6.39. The Morgan fingerprint density at radius 3 is 2.06 bits per heavy atom. The molecule has 0 aliphatic heterocycles. The molecule has 2 N–H and O–H groups in total. The van der Waals surface area contributed by atoms with Crippen LogP contribution in [0.1, 0.15) is 72.3 Å². The van der Waals surface area contributed by atoms with E-state index in [0.717, 1.165) is 12.1 Å².